The molecule has 0 bridgehead atoms. The van der Waals surface area contributed by atoms with Gasteiger partial charge in [-0.15, -0.1) is 0 Å². The molecular formula is C46H41BF3N3O3. The number of hydrogen-bond donors (Lipinski definition) is 4. The molecule has 0 atom stereocenters. The van der Waals surface area contributed by atoms with E-state index < -0.39 is 6.92 Å². The second-order valence-corrected chi connectivity index (χ2v) is 12.2. The van der Waals surface area contributed by atoms with E-state index in [1.807, 2.05) is 121 Å². The molecule has 2 amide bonds. The highest BCUT2D eigenvalue weighted by molar-refractivity contribution is 6.78. The first-order valence-electron chi connectivity index (χ1n) is 17.5. The number of benzene rings is 7. The fourth-order valence-corrected chi connectivity index (χ4v) is 5.27. The zero-order chi connectivity index (χ0) is 40.3. The molecule has 0 fully saturated rings. The summed E-state index contributed by atoms with van der Waals surface area (Å²) in [6.07, 6.45) is 0. The Morgan fingerprint density at radius 1 is 0.500 bits per heavy atom. The van der Waals surface area contributed by atoms with Crippen LogP contribution >= 0.6 is 0 Å². The lowest BCUT2D eigenvalue weighted by Gasteiger charge is -2.10. The molecule has 10 heteroatoms. The summed E-state index contributed by atoms with van der Waals surface area (Å²) in [5.41, 5.74) is 12.7. The van der Waals surface area contributed by atoms with Gasteiger partial charge in [-0.1, -0.05) is 121 Å². The monoisotopic (exact) mass is 751 g/mol. The van der Waals surface area contributed by atoms with Crippen LogP contribution in [0.15, 0.2) is 182 Å². The van der Waals surface area contributed by atoms with Crippen molar-refractivity contribution in [2.75, 3.05) is 16.4 Å². The quantitative estimate of drug-likeness (QED) is 0.101. The molecule has 5 N–H and O–H groups in total. The minimum atomic E-state index is -0.516. The highest BCUT2D eigenvalue weighted by Crippen LogP contribution is 2.29. The Morgan fingerprint density at radius 3 is 1.36 bits per heavy atom. The third kappa shape index (κ3) is 13.8. The predicted molar refractivity (Wildman–Crippen MR) is 223 cm³/mol. The van der Waals surface area contributed by atoms with Crippen molar-refractivity contribution in [3.63, 3.8) is 0 Å². The molecule has 7 aromatic rings. The lowest BCUT2D eigenvalue weighted by atomic mass is 9.56. The summed E-state index contributed by atoms with van der Waals surface area (Å²) in [6.45, 7) is 2.32. The number of nitrogens with two attached hydrogens (primary N) is 1. The molecule has 0 saturated carbocycles. The van der Waals surface area contributed by atoms with Crippen LogP contribution in [-0.4, -0.2) is 23.8 Å². The van der Waals surface area contributed by atoms with Crippen molar-refractivity contribution in [1.29, 1.82) is 0 Å². The van der Waals surface area contributed by atoms with Crippen molar-refractivity contribution < 1.29 is 27.8 Å². The first kappa shape index (κ1) is 41.8. The highest BCUT2D eigenvalue weighted by atomic mass is 19.1. The van der Waals surface area contributed by atoms with Gasteiger partial charge in [0, 0.05) is 42.0 Å². The molecule has 7 rings (SSSR count). The summed E-state index contributed by atoms with van der Waals surface area (Å²) in [5, 5.41) is 15.2. The predicted octanol–water partition coefficient (Wildman–Crippen LogP) is 9.09. The van der Waals surface area contributed by atoms with Gasteiger partial charge >= 0.3 is 6.92 Å². The zero-order valence-electron chi connectivity index (χ0n) is 30.9. The average molecular weight is 752 g/mol. The first-order valence-corrected chi connectivity index (χ1v) is 17.5. The van der Waals surface area contributed by atoms with E-state index >= 15 is 0 Å². The Kier molecular flexibility index (Phi) is 16.2. The van der Waals surface area contributed by atoms with E-state index in [2.05, 4.69) is 10.6 Å². The van der Waals surface area contributed by atoms with Gasteiger partial charge in [0.2, 0.25) is 11.8 Å². The van der Waals surface area contributed by atoms with Crippen LogP contribution in [-0.2, 0) is 9.59 Å². The van der Waals surface area contributed by atoms with Gasteiger partial charge in [0.15, 0.2) is 0 Å². The smallest absolute Gasteiger partial charge is 0.358 e. The first-order chi connectivity index (χ1) is 27.0. The number of anilines is 3. The molecule has 0 aliphatic heterocycles. The van der Waals surface area contributed by atoms with E-state index in [1.165, 1.54) is 62.4 Å². The van der Waals surface area contributed by atoms with Crippen LogP contribution < -0.4 is 27.3 Å². The second-order valence-electron chi connectivity index (χ2n) is 12.2. The molecule has 0 saturated heterocycles. The number of carbonyl (C=O) groups is 2. The average Bonchev–Trinajstić information content (AvgIpc) is 3.22. The van der Waals surface area contributed by atoms with Gasteiger partial charge in [-0.05, 0) is 82.7 Å². The van der Waals surface area contributed by atoms with Crippen molar-refractivity contribution in [1.82, 2.24) is 0 Å². The Morgan fingerprint density at radius 2 is 0.893 bits per heavy atom. The number of rotatable bonds is 6. The summed E-state index contributed by atoms with van der Waals surface area (Å²) in [4.78, 5) is 21.6. The molecule has 0 spiro atoms. The zero-order valence-corrected chi connectivity index (χ0v) is 30.9. The minimum absolute atomic E-state index is 0.156. The molecule has 0 heterocycles. The molecular weight excluding hydrogens is 710 g/mol. The van der Waals surface area contributed by atoms with Gasteiger partial charge in [0.1, 0.15) is 17.5 Å². The molecule has 282 valence electrons. The highest BCUT2D eigenvalue weighted by Gasteiger charge is 2.15. The molecule has 6 nitrogen and oxygen atoms in total. The minimum Gasteiger partial charge on any atom is -0.443 e. The summed E-state index contributed by atoms with van der Waals surface area (Å²) >= 11 is 0. The lowest BCUT2D eigenvalue weighted by molar-refractivity contribution is -0.115. The van der Waals surface area contributed by atoms with Gasteiger partial charge < -0.3 is 21.4 Å². The summed E-state index contributed by atoms with van der Waals surface area (Å²) < 4.78 is 38.5. The van der Waals surface area contributed by atoms with E-state index in [4.69, 9.17) is 5.73 Å². The normalized spacial score (nSPS) is 9.82. The molecule has 0 aliphatic rings. The van der Waals surface area contributed by atoms with Gasteiger partial charge in [-0.25, -0.2) is 13.2 Å². The maximum Gasteiger partial charge on any atom is 0.358 e. The van der Waals surface area contributed by atoms with Crippen LogP contribution in [0.25, 0.3) is 22.3 Å². The molecule has 7 aromatic carbocycles. The van der Waals surface area contributed by atoms with E-state index in [9.17, 15) is 27.8 Å². The van der Waals surface area contributed by atoms with Crippen LogP contribution in [0.4, 0.5) is 30.2 Å². The van der Waals surface area contributed by atoms with Gasteiger partial charge in [-0.3, -0.25) is 9.59 Å². The number of nitrogen functional groups attached to an aromatic ring is 1. The van der Waals surface area contributed by atoms with Crippen LogP contribution in [0.3, 0.4) is 0 Å². The summed E-state index contributed by atoms with van der Waals surface area (Å²) in [5.74, 6) is -1.22. The third-order valence-corrected chi connectivity index (χ3v) is 7.87. The summed E-state index contributed by atoms with van der Waals surface area (Å²) in [6, 6.07) is 52.6. The largest absolute Gasteiger partial charge is 0.443 e. The van der Waals surface area contributed by atoms with Crippen LogP contribution in [0.2, 0.25) is 0 Å². The Bertz CT molecular complexity index is 2230. The number of halogens is 3. The molecule has 0 radical (unpaired) electrons. The van der Waals surface area contributed by atoms with Gasteiger partial charge in [-0.2, -0.15) is 0 Å². The Labute approximate surface area is 325 Å². The van der Waals surface area contributed by atoms with Gasteiger partial charge in [0.05, 0.1) is 0 Å². The van der Waals surface area contributed by atoms with Crippen LogP contribution in [0.5, 0.6) is 0 Å². The molecule has 0 unspecified atom stereocenters. The maximum absolute atomic E-state index is 13.3. The van der Waals surface area contributed by atoms with E-state index in [0.717, 1.165) is 27.6 Å². The van der Waals surface area contributed by atoms with E-state index in [0.29, 0.717) is 22.6 Å². The van der Waals surface area contributed by atoms with Crippen LogP contribution in [0, 0.1) is 17.5 Å². The van der Waals surface area contributed by atoms with Crippen LogP contribution in [0.1, 0.15) is 13.8 Å². The number of nitrogens with one attached hydrogen (secondary N) is 2. The topological polar surface area (TPSA) is 104 Å². The van der Waals surface area contributed by atoms with Crippen molar-refractivity contribution >= 4 is 46.7 Å². The SMILES string of the molecule is CC(=O)Nc1ccc(F)cc1.CC(=O)Nc1ccc(F)cc1-c1ccccc1.Nc1ccc(F)cc1-c1ccccc1.OB(c1ccccc1)c1ccccc1. The number of amides is 2. The lowest BCUT2D eigenvalue weighted by Crippen LogP contribution is -2.41. The molecule has 0 aromatic heterocycles. The van der Waals surface area contributed by atoms with E-state index in [-0.39, 0.29) is 29.3 Å². The number of hydrogen-bond acceptors (Lipinski definition) is 4. The Balaban J connectivity index is 0.000000168. The maximum atomic E-state index is 13.3. The fourth-order valence-electron chi connectivity index (χ4n) is 5.27. The fraction of sp³-hybridized carbons (Fsp3) is 0.0435. The number of carbonyl (C=O) groups excluding carboxylic acids is 2. The van der Waals surface area contributed by atoms with E-state index in [1.54, 1.807) is 12.1 Å². The van der Waals surface area contributed by atoms with Crippen molar-refractivity contribution in [3.05, 3.63) is 199 Å². The Hall–Kier alpha value is -6.91. The van der Waals surface area contributed by atoms with Crippen molar-refractivity contribution in [2.24, 2.45) is 0 Å². The standard InChI is InChI=1S/C14H12FNO.C12H11BO.C12H10FN.C8H8FNO/c1-10(17)16-14-8-7-12(15)9-13(14)11-5-3-2-4-6-11;14-13(11-7-3-1-4-8-11)12-9-5-2-6-10-12;13-10-6-7-12(14)11(8-10)9-4-2-1-3-5-9;1-6(11)10-8-4-2-7(9)3-5-8/h2-9H,1H3,(H,16,17);1-10,14H;1-8H,14H2;2-5H,1H3,(H,10,11). The third-order valence-electron chi connectivity index (χ3n) is 7.87. The van der Waals surface area contributed by atoms with Gasteiger partial charge in [0.25, 0.3) is 0 Å². The molecule has 0 aliphatic carbocycles. The second kappa shape index (κ2) is 21.7. The van der Waals surface area contributed by atoms with Crippen molar-refractivity contribution in [3.8, 4) is 22.3 Å². The molecule has 56 heavy (non-hydrogen) atoms. The van der Waals surface area contributed by atoms with Crippen molar-refractivity contribution in [2.45, 2.75) is 13.8 Å². The summed E-state index contributed by atoms with van der Waals surface area (Å²) in [7, 11) is 0.